The minimum Gasteiger partial charge on any atom is -0.271 e. The van der Waals surface area contributed by atoms with Gasteiger partial charge in [0.05, 0.1) is 11.0 Å². The van der Waals surface area contributed by atoms with Crippen molar-refractivity contribution in [3.05, 3.63) is 0 Å². The molecule has 1 fully saturated rings. The van der Waals surface area contributed by atoms with Crippen LogP contribution < -0.4 is 11.3 Å². The van der Waals surface area contributed by atoms with E-state index in [-0.39, 0.29) is 11.3 Å². The summed E-state index contributed by atoms with van der Waals surface area (Å²) in [7, 11) is -2.93. The van der Waals surface area contributed by atoms with E-state index in [0.717, 1.165) is 38.5 Å². The normalized spacial score (nSPS) is 26.0. The van der Waals surface area contributed by atoms with Crippen molar-refractivity contribution in [1.29, 1.82) is 0 Å². The summed E-state index contributed by atoms with van der Waals surface area (Å²) in [5.74, 6) is 6.52. The van der Waals surface area contributed by atoms with E-state index in [0.29, 0.717) is 11.7 Å². The summed E-state index contributed by atoms with van der Waals surface area (Å²) in [6.45, 7) is 4.37. The molecule has 1 saturated heterocycles. The van der Waals surface area contributed by atoms with Gasteiger partial charge in [-0.05, 0) is 25.2 Å². The average Bonchev–Trinajstić information content (AvgIpc) is 2.24. The molecule has 0 aliphatic carbocycles. The predicted octanol–water partition coefficient (Wildman–Crippen LogP) is 1.61. The molecule has 0 saturated carbocycles. The first-order valence-corrected chi connectivity index (χ1v) is 8.36. The van der Waals surface area contributed by atoms with Crippen LogP contribution in [0.3, 0.4) is 0 Å². The summed E-state index contributed by atoms with van der Waals surface area (Å²) in [6, 6.07) is -0.0703. The Hall–Kier alpha value is -0.130. The van der Waals surface area contributed by atoms with Crippen molar-refractivity contribution in [3.63, 3.8) is 0 Å². The summed E-state index contributed by atoms with van der Waals surface area (Å²) >= 11 is 0. The molecule has 17 heavy (non-hydrogen) atoms. The van der Waals surface area contributed by atoms with Crippen LogP contribution in [0.1, 0.15) is 52.4 Å². The molecule has 0 spiro atoms. The lowest BCUT2D eigenvalue weighted by Crippen LogP contribution is -2.49. The van der Waals surface area contributed by atoms with Gasteiger partial charge < -0.3 is 0 Å². The number of hydrogen-bond donors (Lipinski definition) is 2. The molecule has 0 aromatic heterocycles. The maximum Gasteiger partial charge on any atom is 0.154 e. The first-order valence-electron chi connectivity index (χ1n) is 6.65. The van der Waals surface area contributed by atoms with Gasteiger partial charge in [-0.2, -0.15) is 0 Å². The predicted molar refractivity (Wildman–Crippen MR) is 71.2 cm³/mol. The number of nitrogens with one attached hydrogen (secondary N) is 1. The van der Waals surface area contributed by atoms with Gasteiger partial charge in [0, 0.05) is 6.04 Å². The highest BCUT2D eigenvalue weighted by Gasteiger charge is 2.34. The van der Waals surface area contributed by atoms with E-state index in [2.05, 4.69) is 19.3 Å². The number of nitrogens with two attached hydrogens (primary N) is 1. The van der Waals surface area contributed by atoms with Crippen molar-refractivity contribution in [3.8, 4) is 0 Å². The SMILES string of the molecule is CC(C)CCCC(NN)C1CCCCS1(=O)=O. The van der Waals surface area contributed by atoms with Crippen LogP contribution in [-0.2, 0) is 9.84 Å². The van der Waals surface area contributed by atoms with Gasteiger partial charge in [-0.1, -0.05) is 33.1 Å². The zero-order valence-electron chi connectivity index (χ0n) is 11.0. The number of sulfone groups is 1. The van der Waals surface area contributed by atoms with Crippen LogP contribution in [-0.4, -0.2) is 25.5 Å². The molecule has 0 amide bonds. The maximum absolute atomic E-state index is 12.0. The van der Waals surface area contributed by atoms with Gasteiger partial charge in [0.2, 0.25) is 0 Å². The van der Waals surface area contributed by atoms with Crippen molar-refractivity contribution in [1.82, 2.24) is 5.43 Å². The standard InChI is InChI=1S/C12H26N2O2S/c1-10(2)6-5-7-11(14-13)12-8-3-4-9-17(12,15)16/h10-12,14H,3-9,13H2,1-2H3. The van der Waals surface area contributed by atoms with Gasteiger partial charge in [0.25, 0.3) is 0 Å². The summed E-state index contributed by atoms with van der Waals surface area (Å²) in [4.78, 5) is 0. The van der Waals surface area contributed by atoms with Gasteiger partial charge in [0.15, 0.2) is 9.84 Å². The molecule has 0 aromatic rings. The second-order valence-corrected chi connectivity index (χ2v) is 7.84. The second kappa shape index (κ2) is 6.71. The summed E-state index contributed by atoms with van der Waals surface area (Å²) in [6.07, 6.45) is 5.61. The van der Waals surface area contributed by atoms with Crippen LogP contribution in [0.4, 0.5) is 0 Å². The molecule has 2 atom stereocenters. The largest absolute Gasteiger partial charge is 0.271 e. The highest BCUT2D eigenvalue weighted by molar-refractivity contribution is 7.92. The summed E-state index contributed by atoms with van der Waals surface area (Å²) in [5, 5.41) is -0.270. The third kappa shape index (κ3) is 4.56. The monoisotopic (exact) mass is 262 g/mol. The summed E-state index contributed by atoms with van der Waals surface area (Å²) < 4.78 is 24.0. The van der Waals surface area contributed by atoms with Gasteiger partial charge in [-0.25, -0.2) is 8.42 Å². The molecule has 1 rings (SSSR count). The van der Waals surface area contributed by atoms with E-state index in [4.69, 9.17) is 5.84 Å². The zero-order valence-corrected chi connectivity index (χ0v) is 11.8. The van der Waals surface area contributed by atoms with Crippen LogP contribution in [0.5, 0.6) is 0 Å². The molecule has 102 valence electrons. The minimum absolute atomic E-state index is 0.0703. The van der Waals surface area contributed by atoms with Gasteiger partial charge in [-0.15, -0.1) is 0 Å². The van der Waals surface area contributed by atoms with Gasteiger partial charge in [-0.3, -0.25) is 11.3 Å². The van der Waals surface area contributed by atoms with E-state index in [1.165, 1.54) is 0 Å². The van der Waals surface area contributed by atoms with E-state index < -0.39 is 9.84 Å². The number of hydrazine groups is 1. The van der Waals surface area contributed by atoms with Crippen LogP contribution in [0.25, 0.3) is 0 Å². The van der Waals surface area contributed by atoms with E-state index in [1.807, 2.05) is 0 Å². The molecule has 1 heterocycles. The molecule has 4 nitrogen and oxygen atoms in total. The fraction of sp³-hybridized carbons (Fsp3) is 1.00. The Morgan fingerprint density at radius 1 is 1.29 bits per heavy atom. The molecule has 2 unspecified atom stereocenters. The van der Waals surface area contributed by atoms with Gasteiger partial charge in [0.1, 0.15) is 0 Å². The molecule has 1 aliphatic heterocycles. The molecular weight excluding hydrogens is 236 g/mol. The minimum atomic E-state index is -2.93. The van der Waals surface area contributed by atoms with Crippen LogP contribution in [0, 0.1) is 5.92 Å². The first kappa shape index (κ1) is 14.9. The van der Waals surface area contributed by atoms with Crippen molar-refractivity contribution >= 4 is 9.84 Å². The second-order valence-electron chi connectivity index (χ2n) is 5.50. The van der Waals surface area contributed by atoms with E-state index >= 15 is 0 Å². The third-order valence-electron chi connectivity index (χ3n) is 3.59. The Morgan fingerprint density at radius 3 is 2.53 bits per heavy atom. The Labute approximate surface area is 105 Å². The fourth-order valence-corrected chi connectivity index (χ4v) is 4.70. The van der Waals surface area contributed by atoms with Crippen molar-refractivity contribution < 1.29 is 8.42 Å². The maximum atomic E-state index is 12.0. The Balaban J connectivity index is 2.53. The molecular formula is C12H26N2O2S. The zero-order chi connectivity index (χ0) is 12.9. The Bertz CT molecular complexity index is 314. The van der Waals surface area contributed by atoms with Crippen LogP contribution in [0.15, 0.2) is 0 Å². The molecule has 0 radical (unpaired) electrons. The van der Waals surface area contributed by atoms with E-state index in [9.17, 15) is 8.42 Å². The Morgan fingerprint density at radius 2 is 2.00 bits per heavy atom. The van der Waals surface area contributed by atoms with Crippen molar-refractivity contribution in [2.45, 2.75) is 63.7 Å². The fourth-order valence-electron chi connectivity index (χ4n) is 2.55. The lowest BCUT2D eigenvalue weighted by molar-refractivity contribution is 0.399. The molecule has 5 heteroatoms. The van der Waals surface area contributed by atoms with Crippen molar-refractivity contribution in [2.24, 2.45) is 11.8 Å². The van der Waals surface area contributed by atoms with E-state index in [1.54, 1.807) is 0 Å². The average molecular weight is 262 g/mol. The molecule has 1 aliphatic rings. The number of hydrogen-bond acceptors (Lipinski definition) is 4. The first-order chi connectivity index (χ1) is 7.97. The topological polar surface area (TPSA) is 72.2 Å². The molecule has 0 bridgehead atoms. The lowest BCUT2D eigenvalue weighted by atomic mass is 9.99. The number of rotatable bonds is 6. The Kier molecular flexibility index (Phi) is 5.89. The van der Waals surface area contributed by atoms with Crippen LogP contribution in [0.2, 0.25) is 0 Å². The quantitative estimate of drug-likeness (QED) is 0.563. The smallest absolute Gasteiger partial charge is 0.154 e. The summed E-state index contributed by atoms with van der Waals surface area (Å²) in [5.41, 5.74) is 2.72. The molecule has 3 N–H and O–H groups in total. The van der Waals surface area contributed by atoms with Gasteiger partial charge >= 0.3 is 0 Å². The highest BCUT2D eigenvalue weighted by Crippen LogP contribution is 2.24. The van der Waals surface area contributed by atoms with Crippen molar-refractivity contribution in [2.75, 3.05) is 5.75 Å². The lowest BCUT2D eigenvalue weighted by Gasteiger charge is -2.29. The van der Waals surface area contributed by atoms with Crippen LogP contribution >= 0.6 is 0 Å². The third-order valence-corrected chi connectivity index (χ3v) is 5.93. The highest BCUT2D eigenvalue weighted by atomic mass is 32.2. The molecule has 0 aromatic carbocycles.